The van der Waals surface area contributed by atoms with Crippen molar-refractivity contribution in [2.45, 2.75) is 65.1 Å². The molecule has 4 heterocycles. The highest BCUT2D eigenvalue weighted by Gasteiger charge is 2.37. The first-order valence-electron chi connectivity index (χ1n) is 13.9. The highest BCUT2D eigenvalue weighted by molar-refractivity contribution is 6.30. The van der Waals surface area contributed by atoms with E-state index >= 15 is 0 Å². The van der Waals surface area contributed by atoms with Crippen LogP contribution in [-0.4, -0.2) is 86.7 Å². The Labute approximate surface area is 234 Å². The van der Waals surface area contributed by atoms with E-state index in [0.717, 1.165) is 57.0 Å². The highest BCUT2D eigenvalue weighted by Crippen LogP contribution is 2.30. The van der Waals surface area contributed by atoms with Gasteiger partial charge in [-0.2, -0.15) is 0 Å². The molecule has 1 aromatic carbocycles. The highest BCUT2D eigenvalue weighted by atomic mass is 35.5. The maximum atomic E-state index is 13.0. The predicted molar refractivity (Wildman–Crippen MR) is 152 cm³/mol. The second-order valence-corrected chi connectivity index (χ2v) is 10.8. The molecule has 1 amide bonds. The van der Waals surface area contributed by atoms with Crippen molar-refractivity contribution in [3.8, 4) is 11.6 Å². The van der Waals surface area contributed by atoms with Crippen molar-refractivity contribution in [3.63, 3.8) is 0 Å². The first kappa shape index (κ1) is 27.3. The SMILES string of the molecule is CCNc1nnc(-c2cnc(N3C[C@H](CC)N(C4CCN(C(=O)c5ccc(Cl)cc5)CC4)C[C@H]3C)c(C)n2)o1. The minimum absolute atomic E-state index is 0.0891. The molecule has 39 heavy (non-hydrogen) atoms. The molecule has 2 aromatic heterocycles. The van der Waals surface area contributed by atoms with Gasteiger partial charge in [-0.05, 0) is 64.3 Å². The van der Waals surface area contributed by atoms with E-state index in [9.17, 15) is 4.79 Å². The van der Waals surface area contributed by atoms with Crippen molar-refractivity contribution in [1.29, 1.82) is 0 Å². The van der Waals surface area contributed by atoms with Gasteiger partial charge in [-0.25, -0.2) is 9.97 Å². The molecule has 2 fully saturated rings. The molecule has 0 aliphatic carbocycles. The van der Waals surface area contributed by atoms with E-state index in [1.165, 1.54) is 0 Å². The maximum absolute atomic E-state index is 13.0. The quantitative estimate of drug-likeness (QED) is 0.453. The van der Waals surface area contributed by atoms with Gasteiger partial charge < -0.3 is 19.5 Å². The summed E-state index contributed by atoms with van der Waals surface area (Å²) in [6.07, 6.45) is 4.73. The van der Waals surface area contributed by atoms with Gasteiger partial charge in [0.15, 0.2) is 0 Å². The largest absolute Gasteiger partial charge is 0.402 e. The Bertz CT molecular complexity index is 1270. The maximum Gasteiger partial charge on any atom is 0.315 e. The number of nitrogens with one attached hydrogen (secondary N) is 1. The summed E-state index contributed by atoms with van der Waals surface area (Å²) in [6, 6.07) is 8.71. The predicted octanol–water partition coefficient (Wildman–Crippen LogP) is 4.51. The average Bonchev–Trinajstić information content (AvgIpc) is 3.42. The molecule has 2 atom stereocenters. The standard InChI is InChI=1S/C28H37ClN8O2/c1-5-22-17-36(25-19(4)32-24(15-31-25)26-33-34-28(39-26)30-6-2)18(3)16-37(22)23-11-13-35(14-12-23)27(38)20-7-9-21(29)10-8-20/h7-10,15,18,22-23H,5-6,11-14,16-17H2,1-4H3,(H,30,34)/t18-,22+/m1/s1. The zero-order valence-electron chi connectivity index (χ0n) is 23.1. The molecule has 0 radical (unpaired) electrons. The van der Waals surface area contributed by atoms with Gasteiger partial charge >= 0.3 is 6.01 Å². The average molecular weight is 553 g/mol. The Morgan fingerprint density at radius 1 is 1.13 bits per heavy atom. The van der Waals surface area contributed by atoms with Gasteiger partial charge in [0.1, 0.15) is 11.5 Å². The van der Waals surface area contributed by atoms with Crippen LogP contribution in [0.3, 0.4) is 0 Å². The number of benzene rings is 1. The summed E-state index contributed by atoms with van der Waals surface area (Å²) in [5.41, 5.74) is 2.12. The van der Waals surface area contributed by atoms with Crippen LogP contribution in [-0.2, 0) is 0 Å². The molecule has 2 aliphatic heterocycles. The van der Waals surface area contributed by atoms with Crippen LogP contribution in [0.25, 0.3) is 11.6 Å². The minimum atomic E-state index is 0.0891. The van der Waals surface area contributed by atoms with Gasteiger partial charge in [0.2, 0.25) is 0 Å². The van der Waals surface area contributed by atoms with E-state index in [1.807, 2.05) is 30.9 Å². The lowest BCUT2D eigenvalue weighted by Gasteiger charge is -2.50. The second kappa shape index (κ2) is 11.9. The van der Waals surface area contributed by atoms with Crippen molar-refractivity contribution >= 4 is 29.3 Å². The third-order valence-corrected chi connectivity index (χ3v) is 8.08. The summed E-state index contributed by atoms with van der Waals surface area (Å²) in [6.45, 7) is 12.6. The number of rotatable bonds is 7. The van der Waals surface area contributed by atoms with Gasteiger partial charge in [0.25, 0.3) is 11.8 Å². The van der Waals surface area contributed by atoms with E-state index < -0.39 is 0 Å². The summed E-state index contributed by atoms with van der Waals surface area (Å²) in [5.74, 6) is 1.35. The van der Waals surface area contributed by atoms with Crippen LogP contribution in [0.4, 0.5) is 11.8 Å². The molecule has 5 rings (SSSR count). The molecular formula is C28H37ClN8O2. The van der Waals surface area contributed by atoms with Gasteiger partial charge in [0.05, 0.1) is 11.9 Å². The summed E-state index contributed by atoms with van der Waals surface area (Å²) < 4.78 is 5.65. The molecule has 208 valence electrons. The second-order valence-electron chi connectivity index (χ2n) is 10.4. The molecular weight excluding hydrogens is 516 g/mol. The normalized spacial score (nSPS) is 20.8. The number of halogens is 1. The molecule has 2 saturated heterocycles. The third kappa shape index (κ3) is 5.86. The number of carbonyl (C=O) groups excluding carboxylic acids is 1. The number of anilines is 2. The fourth-order valence-electron chi connectivity index (χ4n) is 5.76. The Hall–Kier alpha value is -3.24. The van der Waals surface area contributed by atoms with E-state index in [1.54, 1.807) is 18.3 Å². The van der Waals surface area contributed by atoms with Crippen LogP contribution in [0.15, 0.2) is 34.9 Å². The molecule has 0 unspecified atom stereocenters. The van der Waals surface area contributed by atoms with Gasteiger partial charge in [0, 0.05) is 61.4 Å². The molecule has 3 aromatic rings. The number of nitrogens with zero attached hydrogens (tertiary/aromatic N) is 7. The summed E-state index contributed by atoms with van der Waals surface area (Å²) >= 11 is 6.00. The molecule has 10 nitrogen and oxygen atoms in total. The van der Waals surface area contributed by atoms with E-state index in [-0.39, 0.29) is 11.9 Å². The van der Waals surface area contributed by atoms with Crippen molar-refractivity contribution in [3.05, 3.63) is 46.7 Å². The molecule has 0 spiro atoms. The lowest BCUT2D eigenvalue weighted by molar-refractivity contribution is 0.0434. The number of hydrogen-bond donors (Lipinski definition) is 1. The number of piperazine rings is 1. The van der Waals surface area contributed by atoms with Crippen LogP contribution >= 0.6 is 11.6 Å². The molecule has 0 saturated carbocycles. The zero-order chi connectivity index (χ0) is 27.5. The fourth-order valence-corrected chi connectivity index (χ4v) is 5.88. The van der Waals surface area contributed by atoms with Crippen LogP contribution in [0.1, 0.15) is 56.1 Å². The van der Waals surface area contributed by atoms with E-state index in [2.05, 4.69) is 39.2 Å². The summed E-state index contributed by atoms with van der Waals surface area (Å²) in [5, 5.41) is 11.8. The van der Waals surface area contributed by atoms with Crippen molar-refractivity contribution in [2.75, 3.05) is 42.9 Å². The topological polar surface area (TPSA) is 104 Å². The Kier molecular flexibility index (Phi) is 8.32. The Morgan fingerprint density at radius 3 is 2.54 bits per heavy atom. The van der Waals surface area contributed by atoms with Gasteiger partial charge in [-0.3, -0.25) is 9.69 Å². The fraction of sp³-hybridized carbons (Fsp3) is 0.536. The number of aromatic nitrogens is 4. The summed E-state index contributed by atoms with van der Waals surface area (Å²) in [7, 11) is 0. The lowest BCUT2D eigenvalue weighted by Crippen LogP contribution is -2.62. The van der Waals surface area contributed by atoms with Crippen molar-refractivity contribution < 1.29 is 9.21 Å². The number of likely N-dealkylation sites (tertiary alicyclic amines) is 1. The van der Waals surface area contributed by atoms with Gasteiger partial charge in [-0.15, -0.1) is 5.10 Å². The van der Waals surface area contributed by atoms with Crippen LogP contribution < -0.4 is 10.2 Å². The van der Waals surface area contributed by atoms with Crippen LogP contribution in [0.5, 0.6) is 0 Å². The molecule has 0 bridgehead atoms. The molecule has 11 heteroatoms. The minimum Gasteiger partial charge on any atom is -0.402 e. The lowest BCUT2D eigenvalue weighted by atomic mass is 9.96. The van der Waals surface area contributed by atoms with E-state index in [4.69, 9.17) is 26.0 Å². The monoisotopic (exact) mass is 552 g/mol. The van der Waals surface area contributed by atoms with Crippen molar-refractivity contribution in [2.24, 2.45) is 0 Å². The Balaban J connectivity index is 1.23. The summed E-state index contributed by atoms with van der Waals surface area (Å²) in [4.78, 5) is 29.6. The zero-order valence-corrected chi connectivity index (χ0v) is 23.9. The number of carbonyl (C=O) groups is 1. The number of amides is 1. The van der Waals surface area contributed by atoms with Crippen LogP contribution in [0, 0.1) is 6.92 Å². The van der Waals surface area contributed by atoms with E-state index in [0.29, 0.717) is 46.8 Å². The number of hydrogen-bond acceptors (Lipinski definition) is 9. The van der Waals surface area contributed by atoms with Gasteiger partial charge in [-0.1, -0.05) is 23.6 Å². The van der Waals surface area contributed by atoms with Crippen molar-refractivity contribution in [1.82, 2.24) is 30.0 Å². The number of piperidine rings is 1. The molecule has 1 N–H and O–H groups in total. The third-order valence-electron chi connectivity index (χ3n) is 7.83. The number of aryl methyl sites for hydroxylation is 1. The van der Waals surface area contributed by atoms with Crippen LogP contribution in [0.2, 0.25) is 5.02 Å². The Morgan fingerprint density at radius 2 is 1.87 bits per heavy atom. The molecule has 2 aliphatic rings. The first-order chi connectivity index (χ1) is 18.9. The smallest absolute Gasteiger partial charge is 0.315 e. The first-order valence-corrected chi connectivity index (χ1v) is 14.2.